The number of rotatable bonds is 6. The number of fused-ring (bicyclic) bond motifs is 6. The summed E-state index contributed by atoms with van der Waals surface area (Å²) in [6.07, 6.45) is -0.496. The highest BCUT2D eigenvalue weighted by atomic mass is 17.0. The molecule has 7 aliphatic heterocycles. The molecule has 0 aromatic carbocycles. The van der Waals surface area contributed by atoms with Crippen LogP contribution in [0.3, 0.4) is 0 Å². The van der Waals surface area contributed by atoms with Crippen LogP contribution in [0, 0.1) is 28.6 Å². The highest BCUT2D eigenvalue weighted by Crippen LogP contribution is 2.57. The van der Waals surface area contributed by atoms with Crippen LogP contribution < -0.4 is 5.32 Å². The predicted octanol–water partition coefficient (Wildman–Crippen LogP) is 4.68. The Balaban J connectivity index is 1.35. The molecule has 0 aromatic heterocycles. The molecule has 18 heteroatoms. The number of hydrogen-bond acceptors (Lipinski definition) is 16. The SMILES string of the molecule is CC(C)C(NC=O)C(=O)OC(C)C1CC=CCCC(O)C(C)(C)C2CCC(C)C3(O2)O[B-]24OC(C(=O)O1)C1(OC(CCC1C)C(C)(C)C(O)CCCC1CC(OC(=O)C3O2)C(C)O1)O4. The number of allylic oxidation sites excluding steroid dienone is 1. The summed E-state index contributed by atoms with van der Waals surface area (Å²) < 4.78 is 66.1. The maximum absolute atomic E-state index is 15.1. The molecule has 0 aliphatic carbocycles. The normalized spacial score (nSPS) is 44.6. The quantitative estimate of drug-likeness (QED) is 0.109. The van der Waals surface area contributed by atoms with Crippen molar-refractivity contribution in [1.82, 2.24) is 5.32 Å². The maximum atomic E-state index is 15.1. The van der Waals surface area contributed by atoms with Gasteiger partial charge in [0.2, 0.25) is 6.41 Å². The first-order chi connectivity index (χ1) is 30.1. The number of aliphatic hydroxyl groups is 2. The van der Waals surface area contributed by atoms with Gasteiger partial charge in [-0.3, -0.25) is 4.79 Å². The molecule has 17 nitrogen and oxygen atoms in total. The standard InChI is InChI=1S/C46H73BNO16/c1-25(2)37(48-24-49)40(52)56-28(5)31-16-12-11-13-17-33(50)43(7,8)35-21-19-27(4)46(59-35)39-42(54)58-32-23-30(55-29(32)6)15-14-18-34(51)44(9,10)36-22-20-26(3)45(60-36)38(41(53)57-31)61-47(62-39,63-45)64-46/h11-12,24-39,50-51H,13-23H2,1-10H3,(H,48,49)/q-1. The molecule has 1 amide bonds. The van der Waals surface area contributed by atoms with Crippen molar-refractivity contribution in [1.29, 1.82) is 0 Å². The van der Waals surface area contributed by atoms with Crippen molar-refractivity contribution < 1.29 is 76.4 Å². The lowest BCUT2D eigenvalue weighted by molar-refractivity contribution is -0.311. The summed E-state index contributed by atoms with van der Waals surface area (Å²) in [7, 11) is 0. The van der Waals surface area contributed by atoms with Gasteiger partial charge in [0.25, 0.3) is 0 Å². The third kappa shape index (κ3) is 9.17. The smallest absolute Gasteiger partial charge is 0.504 e. The molecule has 7 heterocycles. The largest absolute Gasteiger partial charge is 0.536 e. The fourth-order valence-electron chi connectivity index (χ4n) is 10.9. The van der Waals surface area contributed by atoms with Crippen LogP contribution in [0.2, 0.25) is 0 Å². The van der Waals surface area contributed by atoms with Gasteiger partial charge in [0.05, 0.1) is 36.6 Å². The minimum absolute atomic E-state index is 0.0969. The van der Waals surface area contributed by atoms with Gasteiger partial charge in [-0.1, -0.05) is 67.5 Å². The van der Waals surface area contributed by atoms with Gasteiger partial charge in [-0.05, 0) is 77.6 Å². The second-order valence-corrected chi connectivity index (χ2v) is 21.1. The lowest BCUT2D eigenvalue weighted by atomic mass is 9.73. The number of hydrogen-bond donors (Lipinski definition) is 3. The topological polar surface area (TPSA) is 213 Å². The van der Waals surface area contributed by atoms with E-state index in [0.717, 1.165) is 0 Å². The number of ether oxygens (including phenoxy) is 6. The van der Waals surface area contributed by atoms with Crippen LogP contribution in [0.25, 0.3) is 0 Å². The summed E-state index contributed by atoms with van der Waals surface area (Å²) in [5.41, 5.74) is -1.72. The minimum atomic E-state index is -3.56. The molecule has 17 atom stereocenters. The van der Waals surface area contributed by atoms with Crippen LogP contribution in [0.15, 0.2) is 12.2 Å². The lowest BCUT2D eigenvalue weighted by Crippen LogP contribution is -2.61. The van der Waals surface area contributed by atoms with Crippen molar-refractivity contribution in [3.05, 3.63) is 12.2 Å². The summed E-state index contributed by atoms with van der Waals surface area (Å²) in [6.45, 7) is 14.8. The van der Waals surface area contributed by atoms with Crippen molar-refractivity contribution in [2.45, 2.75) is 225 Å². The Kier molecular flexibility index (Phi) is 14.4. The first kappa shape index (κ1) is 49.2. The molecular weight excluding hydrogens is 833 g/mol. The van der Waals surface area contributed by atoms with E-state index in [-0.39, 0.29) is 18.4 Å². The van der Waals surface area contributed by atoms with Gasteiger partial charge < -0.3 is 62.6 Å². The van der Waals surface area contributed by atoms with Gasteiger partial charge in [0, 0.05) is 35.5 Å². The van der Waals surface area contributed by atoms with Gasteiger partial charge in [-0.2, -0.15) is 0 Å². The monoisotopic (exact) mass is 907 g/mol. The molecular formula is C46H73BNO16-. The second kappa shape index (κ2) is 18.8. The summed E-state index contributed by atoms with van der Waals surface area (Å²) >= 11 is 0. The van der Waals surface area contributed by atoms with Crippen molar-refractivity contribution >= 4 is 31.3 Å². The number of carbonyl (C=O) groups is 4. The molecule has 3 N–H and O–H groups in total. The van der Waals surface area contributed by atoms with Crippen molar-refractivity contribution in [3.63, 3.8) is 0 Å². The lowest BCUT2D eigenvalue weighted by Gasteiger charge is -2.52. The van der Waals surface area contributed by atoms with Crippen LogP contribution in [-0.4, -0.2) is 126 Å². The van der Waals surface area contributed by atoms with E-state index in [1.165, 1.54) is 0 Å². The van der Waals surface area contributed by atoms with Crippen molar-refractivity contribution in [2.24, 2.45) is 28.6 Å². The zero-order chi connectivity index (χ0) is 46.6. The van der Waals surface area contributed by atoms with E-state index in [4.69, 9.17) is 47.0 Å². The van der Waals surface area contributed by atoms with Crippen molar-refractivity contribution in [2.75, 3.05) is 0 Å². The molecule has 7 aliphatic rings. The summed E-state index contributed by atoms with van der Waals surface area (Å²) in [6, 6.07) is -0.955. The maximum Gasteiger partial charge on any atom is 0.536 e. The second-order valence-electron chi connectivity index (χ2n) is 21.1. The average Bonchev–Trinajstić information content (AvgIpc) is 3.86. The fourth-order valence-corrected chi connectivity index (χ4v) is 10.9. The van der Waals surface area contributed by atoms with Crippen LogP contribution in [0.4, 0.5) is 0 Å². The summed E-state index contributed by atoms with van der Waals surface area (Å²) in [5, 5.41) is 26.1. The van der Waals surface area contributed by atoms with Crippen molar-refractivity contribution in [3.8, 4) is 0 Å². The number of carbonyl (C=O) groups excluding carboxylic acids is 4. The number of cyclic esters (lactones) is 1. The van der Waals surface area contributed by atoms with Gasteiger partial charge in [-0.25, -0.2) is 14.4 Å². The van der Waals surface area contributed by atoms with Crippen LogP contribution in [0.5, 0.6) is 0 Å². The molecule has 17 unspecified atom stereocenters. The third-order valence-electron chi connectivity index (χ3n) is 15.6. The Morgan fingerprint density at radius 2 is 1.38 bits per heavy atom. The molecule has 6 fully saturated rings. The molecule has 9 bridgehead atoms. The number of amides is 1. The van der Waals surface area contributed by atoms with Crippen LogP contribution in [-0.2, 0) is 66.2 Å². The third-order valence-corrected chi connectivity index (χ3v) is 15.6. The highest BCUT2D eigenvalue weighted by molar-refractivity contribution is 6.56. The molecule has 0 radical (unpaired) electrons. The highest BCUT2D eigenvalue weighted by Gasteiger charge is 2.73. The number of nitrogens with one attached hydrogen (secondary N) is 1. The Bertz CT molecular complexity index is 1750. The summed E-state index contributed by atoms with van der Waals surface area (Å²) in [5.74, 6) is -7.62. The zero-order valence-corrected chi connectivity index (χ0v) is 39.4. The predicted molar refractivity (Wildman–Crippen MR) is 228 cm³/mol. The molecule has 7 rings (SSSR count). The van der Waals surface area contributed by atoms with E-state index in [9.17, 15) is 24.6 Å². The molecule has 64 heavy (non-hydrogen) atoms. The van der Waals surface area contributed by atoms with Gasteiger partial charge >= 0.3 is 24.9 Å². The number of aliphatic hydroxyl groups excluding tert-OH is 2. The Morgan fingerprint density at radius 3 is 1.94 bits per heavy atom. The first-order valence-corrected chi connectivity index (χ1v) is 23.8. The molecule has 6 saturated heterocycles. The molecule has 0 aromatic rings. The van der Waals surface area contributed by atoms with E-state index in [0.29, 0.717) is 70.6 Å². The van der Waals surface area contributed by atoms with E-state index < -0.39 is 126 Å². The van der Waals surface area contributed by atoms with Crippen LogP contribution >= 0.6 is 0 Å². The Labute approximate surface area is 377 Å². The Morgan fingerprint density at radius 1 is 0.812 bits per heavy atom. The molecule has 0 saturated carbocycles. The van der Waals surface area contributed by atoms with E-state index in [1.54, 1.807) is 20.8 Å². The minimum Gasteiger partial charge on any atom is -0.504 e. The first-order valence-electron chi connectivity index (χ1n) is 23.8. The van der Waals surface area contributed by atoms with Gasteiger partial charge in [0.15, 0.2) is 23.8 Å². The molecule has 3 spiro atoms. The Hall–Kier alpha value is -2.68. The summed E-state index contributed by atoms with van der Waals surface area (Å²) in [4.78, 5) is 54.7. The van der Waals surface area contributed by atoms with E-state index in [1.807, 2.05) is 60.6 Å². The number of esters is 3. The van der Waals surface area contributed by atoms with E-state index >= 15 is 4.79 Å². The zero-order valence-electron chi connectivity index (χ0n) is 39.4. The van der Waals surface area contributed by atoms with Gasteiger partial charge in [-0.15, -0.1) is 0 Å². The van der Waals surface area contributed by atoms with E-state index in [2.05, 4.69) is 5.32 Å². The fraction of sp³-hybridized carbons (Fsp3) is 0.870. The molecule has 362 valence electrons. The van der Waals surface area contributed by atoms with Crippen LogP contribution in [0.1, 0.15) is 140 Å². The average molecular weight is 907 g/mol. The van der Waals surface area contributed by atoms with Gasteiger partial charge in [0.1, 0.15) is 24.4 Å².